The highest BCUT2D eigenvalue weighted by molar-refractivity contribution is 5.87. The molecule has 0 aromatic heterocycles. The minimum absolute atomic E-state index is 0.0644. The number of carbonyl (C=O) groups excluding carboxylic acids is 2. The van der Waals surface area contributed by atoms with Crippen molar-refractivity contribution in [3.63, 3.8) is 0 Å². The molecule has 1 aliphatic heterocycles. The number of ether oxygens (including phenoxy) is 2. The predicted octanol–water partition coefficient (Wildman–Crippen LogP) is 2.13. The third-order valence-corrected chi connectivity index (χ3v) is 6.14. The predicted molar refractivity (Wildman–Crippen MR) is 119 cm³/mol. The standard InChI is InChI=1S/C25H24N2O6/c1-25(23(30)26-12-6-11-22(28)29)15-32-14-21(25)27-24(31)33-13-20-18-9-4-2-7-16(18)17-8-3-5-10-19(17)20/h2-5,7-10,20-21H,12-15H2,1H3,(H,26,30)(H,27,31)(H,28,29). The lowest BCUT2D eigenvalue weighted by molar-refractivity contribution is -0.131. The van der Waals surface area contributed by atoms with Gasteiger partial charge in [0.1, 0.15) is 6.61 Å². The summed E-state index contributed by atoms with van der Waals surface area (Å²) in [5.41, 5.74) is 3.48. The summed E-state index contributed by atoms with van der Waals surface area (Å²) in [5, 5.41) is 13.9. The van der Waals surface area contributed by atoms with E-state index in [2.05, 4.69) is 28.7 Å². The molecule has 170 valence electrons. The molecule has 2 aromatic carbocycles. The van der Waals surface area contributed by atoms with Gasteiger partial charge in [-0.3, -0.25) is 4.79 Å². The number of fused-ring (bicyclic) bond motifs is 3. The Hall–Kier alpha value is -3.83. The molecular weight excluding hydrogens is 424 g/mol. The van der Waals surface area contributed by atoms with Gasteiger partial charge in [-0.15, -0.1) is 0 Å². The number of hydrogen-bond acceptors (Lipinski definition) is 5. The zero-order valence-electron chi connectivity index (χ0n) is 18.1. The quantitative estimate of drug-likeness (QED) is 0.604. The lowest BCUT2D eigenvalue weighted by Crippen LogP contribution is -2.53. The highest BCUT2D eigenvalue weighted by Crippen LogP contribution is 2.44. The Morgan fingerprint density at radius 3 is 2.39 bits per heavy atom. The Bertz CT molecular complexity index is 1110. The Labute approximate surface area is 191 Å². The van der Waals surface area contributed by atoms with Gasteiger partial charge in [0.15, 0.2) is 0 Å². The van der Waals surface area contributed by atoms with E-state index in [4.69, 9.17) is 14.6 Å². The van der Waals surface area contributed by atoms with E-state index in [0.29, 0.717) is 0 Å². The summed E-state index contributed by atoms with van der Waals surface area (Å²) < 4.78 is 11.0. The van der Waals surface area contributed by atoms with E-state index >= 15 is 0 Å². The van der Waals surface area contributed by atoms with Crippen molar-refractivity contribution in [2.24, 2.45) is 5.41 Å². The molecule has 0 spiro atoms. The zero-order chi connectivity index (χ0) is 23.4. The number of rotatable bonds is 5. The number of nitrogens with one attached hydrogen (secondary N) is 2. The van der Waals surface area contributed by atoms with Crippen LogP contribution in [0.1, 0.15) is 24.0 Å². The number of amides is 2. The van der Waals surface area contributed by atoms with Crippen molar-refractivity contribution < 1.29 is 29.0 Å². The molecule has 8 nitrogen and oxygen atoms in total. The van der Waals surface area contributed by atoms with Crippen molar-refractivity contribution in [1.82, 2.24) is 10.6 Å². The first kappa shape index (κ1) is 22.4. The molecule has 3 N–H and O–H groups in total. The molecule has 2 amide bonds. The van der Waals surface area contributed by atoms with Gasteiger partial charge >= 0.3 is 12.1 Å². The lowest BCUT2D eigenvalue weighted by Gasteiger charge is -2.28. The van der Waals surface area contributed by atoms with Gasteiger partial charge < -0.3 is 25.2 Å². The molecule has 0 saturated carbocycles. The minimum Gasteiger partial charge on any atom is -0.472 e. The first-order valence-electron chi connectivity index (χ1n) is 10.6. The Balaban J connectivity index is 1.37. The molecule has 2 aromatic rings. The molecule has 1 saturated heterocycles. The van der Waals surface area contributed by atoms with Crippen LogP contribution in [0.4, 0.5) is 4.79 Å². The number of carboxylic acid groups (broad SMARTS) is 1. The van der Waals surface area contributed by atoms with Crippen LogP contribution in [0.3, 0.4) is 0 Å². The van der Waals surface area contributed by atoms with E-state index in [0.717, 1.165) is 22.3 Å². The number of aliphatic carboxylic acids is 1. The highest BCUT2D eigenvalue weighted by atomic mass is 16.5. The maximum Gasteiger partial charge on any atom is 0.407 e. The van der Waals surface area contributed by atoms with Gasteiger partial charge in [-0.05, 0) is 29.2 Å². The third kappa shape index (κ3) is 4.54. The summed E-state index contributed by atoms with van der Waals surface area (Å²) in [6.45, 7) is 2.00. The van der Waals surface area contributed by atoms with E-state index in [1.54, 1.807) is 6.92 Å². The number of hydrogen-bond donors (Lipinski definition) is 3. The first-order valence-corrected chi connectivity index (χ1v) is 10.6. The van der Waals surface area contributed by atoms with Crippen LogP contribution in [-0.4, -0.2) is 55.5 Å². The molecule has 0 bridgehead atoms. The van der Waals surface area contributed by atoms with Gasteiger partial charge in [0.05, 0.1) is 31.2 Å². The maximum atomic E-state index is 12.6. The molecule has 33 heavy (non-hydrogen) atoms. The number of benzene rings is 2. The number of carboxylic acids is 1. The summed E-state index contributed by atoms with van der Waals surface area (Å²) in [7, 11) is 0. The lowest BCUT2D eigenvalue weighted by atomic mass is 9.84. The van der Waals surface area contributed by atoms with Crippen molar-refractivity contribution in [3.8, 4) is 23.0 Å². The van der Waals surface area contributed by atoms with Crippen LogP contribution in [-0.2, 0) is 19.1 Å². The molecular formula is C25H24N2O6. The van der Waals surface area contributed by atoms with Crippen molar-refractivity contribution in [2.75, 3.05) is 26.4 Å². The molecule has 2 unspecified atom stereocenters. The van der Waals surface area contributed by atoms with Crippen LogP contribution >= 0.6 is 0 Å². The second-order valence-electron chi connectivity index (χ2n) is 8.24. The fourth-order valence-corrected chi connectivity index (χ4v) is 4.33. The normalized spacial score (nSPS) is 20.7. The summed E-state index contributed by atoms with van der Waals surface area (Å²) in [6, 6.07) is 15.5. The van der Waals surface area contributed by atoms with Crippen LogP contribution in [0.2, 0.25) is 0 Å². The second kappa shape index (κ2) is 9.35. The average molecular weight is 448 g/mol. The van der Waals surface area contributed by atoms with Crippen molar-refractivity contribution in [2.45, 2.75) is 18.9 Å². The second-order valence-corrected chi connectivity index (χ2v) is 8.24. The maximum absolute atomic E-state index is 12.6. The average Bonchev–Trinajstić information content (AvgIpc) is 3.33. The Morgan fingerprint density at radius 1 is 1.12 bits per heavy atom. The Kier molecular flexibility index (Phi) is 6.33. The van der Waals surface area contributed by atoms with Crippen LogP contribution in [0.25, 0.3) is 11.1 Å². The molecule has 1 heterocycles. The van der Waals surface area contributed by atoms with Gasteiger partial charge in [0, 0.05) is 11.8 Å². The number of carbonyl (C=O) groups is 3. The monoisotopic (exact) mass is 448 g/mol. The molecule has 8 heteroatoms. The summed E-state index contributed by atoms with van der Waals surface area (Å²) in [4.78, 5) is 35.7. The van der Waals surface area contributed by atoms with Gasteiger partial charge in [0.25, 0.3) is 0 Å². The summed E-state index contributed by atoms with van der Waals surface area (Å²) >= 11 is 0. The van der Waals surface area contributed by atoms with E-state index < -0.39 is 23.5 Å². The smallest absolute Gasteiger partial charge is 0.407 e. The summed E-state index contributed by atoms with van der Waals surface area (Å²) in [6.07, 6.45) is -0.628. The number of alkyl carbamates (subject to hydrolysis) is 1. The topological polar surface area (TPSA) is 114 Å². The molecule has 0 radical (unpaired) electrons. The molecule has 1 fully saturated rings. The van der Waals surface area contributed by atoms with Gasteiger partial charge in [-0.25, -0.2) is 9.59 Å². The SMILES string of the molecule is CC1(C(=O)NCC#CC(=O)O)COCC1NC(=O)OCC1c2ccccc2-c2ccccc21. The van der Waals surface area contributed by atoms with E-state index in [-0.39, 0.29) is 38.2 Å². The van der Waals surface area contributed by atoms with Crippen molar-refractivity contribution >= 4 is 18.0 Å². The fraction of sp³-hybridized carbons (Fsp3) is 0.320. The van der Waals surface area contributed by atoms with Crippen LogP contribution in [0.5, 0.6) is 0 Å². The third-order valence-electron chi connectivity index (χ3n) is 6.14. The Morgan fingerprint density at radius 2 is 1.76 bits per heavy atom. The van der Waals surface area contributed by atoms with E-state index in [1.165, 1.54) is 0 Å². The van der Waals surface area contributed by atoms with Gasteiger partial charge in [-0.2, -0.15) is 0 Å². The van der Waals surface area contributed by atoms with E-state index in [1.807, 2.05) is 42.3 Å². The highest BCUT2D eigenvalue weighted by Gasteiger charge is 2.47. The van der Waals surface area contributed by atoms with Crippen molar-refractivity contribution in [1.29, 1.82) is 0 Å². The van der Waals surface area contributed by atoms with Crippen LogP contribution in [0, 0.1) is 17.3 Å². The molecule has 2 atom stereocenters. The summed E-state index contributed by atoms with van der Waals surface area (Å²) in [5.74, 6) is 2.56. The fourth-order valence-electron chi connectivity index (χ4n) is 4.33. The zero-order valence-corrected chi connectivity index (χ0v) is 18.1. The van der Waals surface area contributed by atoms with Crippen LogP contribution < -0.4 is 10.6 Å². The molecule has 2 aliphatic rings. The minimum atomic E-state index is -1.27. The van der Waals surface area contributed by atoms with Gasteiger partial charge in [-0.1, -0.05) is 54.5 Å². The van der Waals surface area contributed by atoms with E-state index in [9.17, 15) is 14.4 Å². The molecule has 4 rings (SSSR count). The van der Waals surface area contributed by atoms with Gasteiger partial charge in [0.2, 0.25) is 5.91 Å². The van der Waals surface area contributed by atoms with Crippen LogP contribution in [0.15, 0.2) is 48.5 Å². The molecule has 1 aliphatic carbocycles. The first-order chi connectivity index (χ1) is 15.9. The largest absolute Gasteiger partial charge is 0.472 e. The van der Waals surface area contributed by atoms with Crippen molar-refractivity contribution in [3.05, 3.63) is 59.7 Å².